The molecule has 0 aliphatic rings. The number of nitrogens with two attached hydrogens (primary N) is 1. The van der Waals surface area contributed by atoms with Gasteiger partial charge >= 0.3 is 5.97 Å². The number of rotatable bonds is 2. The molecule has 0 aliphatic carbocycles. The molecule has 0 saturated carbocycles. The molecule has 108 valence electrons. The molecule has 6 nitrogen and oxygen atoms in total. The summed E-state index contributed by atoms with van der Waals surface area (Å²) >= 11 is 20.1. The minimum absolute atomic E-state index is 0.186. The molecule has 19 heavy (non-hydrogen) atoms. The van der Waals surface area contributed by atoms with Gasteiger partial charge in [0.1, 0.15) is 11.0 Å². The Hall–Kier alpha value is -0.690. The molecule has 4 N–H and O–H groups in total. The van der Waals surface area contributed by atoms with E-state index in [2.05, 4.69) is 15.3 Å². The number of aliphatic carboxylic acids is 1. The third kappa shape index (κ3) is 8.93. The normalized spacial score (nSPS) is 10.7. The molecule has 0 saturated heterocycles. The van der Waals surface area contributed by atoms with E-state index in [1.54, 1.807) is 6.07 Å². The Morgan fingerprint density at radius 1 is 1.42 bits per heavy atom. The van der Waals surface area contributed by atoms with E-state index in [9.17, 15) is 4.79 Å². The molecule has 0 aliphatic heterocycles. The topological polar surface area (TPSA) is 101 Å². The van der Waals surface area contributed by atoms with Gasteiger partial charge in [0.15, 0.2) is 0 Å². The first kappa shape index (κ1) is 18.3. The lowest BCUT2D eigenvalue weighted by Gasteiger charge is -2.08. The zero-order chi connectivity index (χ0) is 15.2. The van der Waals surface area contributed by atoms with Gasteiger partial charge in [-0.15, -0.1) is 0 Å². The minimum atomic E-state index is -2.17. The lowest BCUT2D eigenvalue weighted by atomic mass is 10.4. The molecule has 1 rings (SSSR count). The first-order valence-electron chi connectivity index (χ1n) is 4.89. The molecule has 1 aromatic heterocycles. The first-order chi connectivity index (χ1) is 8.52. The van der Waals surface area contributed by atoms with E-state index >= 15 is 0 Å². The zero-order valence-corrected chi connectivity index (χ0v) is 13.0. The molecule has 0 unspecified atom stereocenters. The number of alkyl halides is 3. The van der Waals surface area contributed by atoms with Crippen LogP contribution in [-0.2, 0) is 4.79 Å². The summed E-state index contributed by atoms with van der Waals surface area (Å²) in [4.78, 5) is 17.3. The number of nitrogens with one attached hydrogen (secondary N) is 1. The number of anilines is 2. The second-order valence-corrected chi connectivity index (χ2v) is 6.20. The number of hydrogen-bond donors (Lipinski definition) is 3. The Morgan fingerprint density at radius 2 is 1.89 bits per heavy atom. The standard InChI is InChI=1S/C7H11ClN4.C2HCl3O2/c1-4(2)10-6-3-5(8)11-7(9)12-6;3-2(4,5)1(6)7/h3-4H,1-2H3,(H3,9,10,11,12);(H,6,7). The summed E-state index contributed by atoms with van der Waals surface area (Å²) in [5.41, 5.74) is 5.39. The molecular weight excluding hydrogens is 338 g/mol. The van der Waals surface area contributed by atoms with Crippen molar-refractivity contribution in [2.45, 2.75) is 23.7 Å². The maximum Gasteiger partial charge on any atom is 0.356 e. The van der Waals surface area contributed by atoms with Crippen LogP contribution in [0.1, 0.15) is 13.8 Å². The Balaban J connectivity index is 0.000000399. The van der Waals surface area contributed by atoms with Crippen molar-refractivity contribution < 1.29 is 9.90 Å². The van der Waals surface area contributed by atoms with E-state index in [1.807, 2.05) is 13.8 Å². The van der Waals surface area contributed by atoms with Crippen molar-refractivity contribution >= 4 is 64.1 Å². The fourth-order valence-electron chi connectivity index (χ4n) is 0.805. The van der Waals surface area contributed by atoms with Gasteiger partial charge in [0.2, 0.25) is 5.95 Å². The smallest absolute Gasteiger partial charge is 0.356 e. The van der Waals surface area contributed by atoms with E-state index in [0.29, 0.717) is 17.0 Å². The fourth-order valence-corrected chi connectivity index (χ4v) is 0.995. The van der Waals surface area contributed by atoms with Gasteiger partial charge < -0.3 is 16.2 Å². The zero-order valence-electron chi connectivity index (χ0n) is 9.99. The lowest BCUT2D eigenvalue weighted by molar-refractivity contribution is -0.135. The predicted octanol–water partition coefficient (Wildman–Crippen LogP) is 2.97. The van der Waals surface area contributed by atoms with E-state index < -0.39 is 9.76 Å². The van der Waals surface area contributed by atoms with Crippen molar-refractivity contribution in [2.75, 3.05) is 11.1 Å². The van der Waals surface area contributed by atoms with Gasteiger partial charge in [0.25, 0.3) is 3.79 Å². The summed E-state index contributed by atoms with van der Waals surface area (Å²) in [5.74, 6) is -0.620. The van der Waals surface area contributed by atoms with Crippen LogP contribution in [0, 0.1) is 0 Å². The number of carboxylic acids is 1. The van der Waals surface area contributed by atoms with Crippen molar-refractivity contribution in [3.8, 4) is 0 Å². The molecule has 1 aromatic rings. The molecule has 0 fully saturated rings. The Bertz CT molecular complexity index is 416. The molecule has 0 bridgehead atoms. The maximum atomic E-state index is 9.62. The molecule has 10 heteroatoms. The van der Waals surface area contributed by atoms with Gasteiger partial charge in [-0.2, -0.15) is 4.98 Å². The van der Waals surface area contributed by atoms with Crippen molar-refractivity contribution in [1.82, 2.24) is 9.97 Å². The van der Waals surface area contributed by atoms with Gasteiger partial charge in [0.05, 0.1) is 0 Å². The van der Waals surface area contributed by atoms with E-state index in [1.165, 1.54) is 0 Å². The molecule has 0 atom stereocenters. The van der Waals surface area contributed by atoms with Gasteiger partial charge in [-0.25, -0.2) is 9.78 Å². The van der Waals surface area contributed by atoms with Crippen LogP contribution in [0.3, 0.4) is 0 Å². The molecule has 0 spiro atoms. The molecule has 0 amide bonds. The summed E-state index contributed by atoms with van der Waals surface area (Å²) in [6.07, 6.45) is 0. The Morgan fingerprint density at radius 3 is 2.21 bits per heavy atom. The van der Waals surface area contributed by atoms with Crippen LogP contribution < -0.4 is 11.1 Å². The summed E-state index contributed by atoms with van der Waals surface area (Å²) in [5, 5.41) is 11.3. The lowest BCUT2D eigenvalue weighted by Crippen LogP contribution is -2.16. The third-order valence-electron chi connectivity index (χ3n) is 1.39. The largest absolute Gasteiger partial charge is 0.478 e. The number of carbonyl (C=O) groups is 1. The quantitative estimate of drug-likeness (QED) is 0.560. The monoisotopic (exact) mass is 348 g/mol. The second-order valence-electron chi connectivity index (χ2n) is 3.54. The number of aromatic nitrogens is 2. The molecule has 1 heterocycles. The van der Waals surface area contributed by atoms with Crippen LogP contribution in [0.5, 0.6) is 0 Å². The summed E-state index contributed by atoms with van der Waals surface area (Å²) in [6.45, 7) is 4.01. The molecule has 0 radical (unpaired) electrons. The van der Waals surface area contributed by atoms with Gasteiger partial charge in [-0.1, -0.05) is 46.4 Å². The highest BCUT2D eigenvalue weighted by molar-refractivity contribution is 6.75. The van der Waals surface area contributed by atoms with Crippen LogP contribution in [-0.4, -0.2) is 30.9 Å². The van der Waals surface area contributed by atoms with E-state index in [4.69, 9.17) is 57.2 Å². The maximum absolute atomic E-state index is 9.62. The average Bonchev–Trinajstić information content (AvgIpc) is 2.13. The second kappa shape index (κ2) is 7.79. The number of halogens is 4. The summed E-state index contributed by atoms with van der Waals surface area (Å²) < 4.78 is -2.17. The summed E-state index contributed by atoms with van der Waals surface area (Å²) in [7, 11) is 0. The SMILES string of the molecule is CC(C)Nc1cc(Cl)nc(N)n1.O=C(O)C(Cl)(Cl)Cl. The van der Waals surface area contributed by atoms with E-state index in [0.717, 1.165) is 0 Å². The number of nitrogens with zero attached hydrogens (tertiary/aromatic N) is 2. The van der Waals surface area contributed by atoms with Gasteiger partial charge in [-0.3, -0.25) is 0 Å². The Kier molecular flexibility index (Phi) is 7.51. The minimum Gasteiger partial charge on any atom is -0.478 e. The summed E-state index contributed by atoms with van der Waals surface area (Å²) in [6, 6.07) is 1.94. The van der Waals surface area contributed by atoms with Crippen molar-refractivity contribution in [2.24, 2.45) is 0 Å². The first-order valence-corrected chi connectivity index (χ1v) is 6.40. The van der Waals surface area contributed by atoms with Crippen LogP contribution in [0.4, 0.5) is 11.8 Å². The van der Waals surface area contributed by atoms with Gasteiger partial charge in [-0.05, 0) is 13.8 Å². The van der Waals surface area contributed by atoms with E-state index in [-0.39, 0.29) is 5.95 Å². The van der Waals surface area contributed by atoms with Crippen LogP contribution >= 0.6 is 46.4 Å². The highest BCUT2D eigenvalue weighted by Gasteiger charge is 2.29. The number of nitrogen functional groups attached to an aromatic ring is 1. The Labute approximate surface area is 130 Å². The van der Waals surface area contributed by atoms with Crippen LogP contribution in [0.25, 0.3) is 0 Å². The highest BCUT2D eigenvalue weighted by Crippen LogP contribution is 2.25. The molecule has 0 aromatic carbocycles. The fraction of sp³-hybridized carbons (Fsp3) is 0.444. The van der Waals surface area contributed by atoms with Crippen molar-refractivity contribution in [3.05, 3.63) is 11.2 Å². The predicted molar refractivity (Wildman–Crippen MR) is 78.1 cm³/mol. The number of carboxylic acid groups (broad SMARTS) is 1. The van der Waals surface area contributed by atoms with Gasteiger partial charge in [0, 0.05) is 12.1 Å². The number of hydrogen-bond acceptors (Lipinski definition) is 5. The van der Waals surface area contributed by atoms with Crippen LogP contribution in [0.15, 0.2) is 6.07 Å². The van der Waals surface area contributed by atoms with Crippen molar-refractivity contribution in [3.63, 3.8) is 0 Å². The average molecular weight is 350 g/mol. The molecular formula is C9H12Cl4N4O2. The highest BCUT2D eigenvalue weighted by atomic mass is 35.6. The van der Waals surface area contributed by atoms with Crippen LogP contribution in [0.2, 0.25) is 5.15 Å². The third-order valence-corrected chi connectivity index (χ3v) is 2.07. The van der Waals surface area contributed by atoms with Crippen molar-refractivity contribution in [1.29, 1.82) is 0 Å².